The maximum absolute atomic E-state index is 2.41. The molecule has 0 bridgehead atoms. The molecule has 0 heterocycles. The first-order valence-corrected chi connectivity index (χ1v) is 11.2. The SMILES string of the molecule is CN(C1=C[C@@H](c2ccccc2)CC(c2ccccc2)=C1)c1ccc(-c2ccccc2)cc1. The van der Waals surface area contributed by atoms with E-state index in [9.17, 15) is 0 Å². The molecule has 1 atom stereocenters. The summed E-state index contributed by atoms with van der Waals surface area (Å²) in [6, 6.07) is 41.0. The zero-order valence-electron chi connectivity index (χ0n) is 18.4. The van der Waals surface area contributed by atoms with Crippen LogP contribution in [-0.2, 0) is 0 Å². The molecule has 4 aromatic rings. The maximum Gasteiger partial charge on any atom is 0.0408 e. The average Bonchev–Trinajstić information content (AvgIpc) is 2.89. The van der Waals surface area contributed by atoms with Crippen LogP contribution in [-0.4, -0.2) is 7.05 Å². The van der Waals surface area contributed by atoms with E-state index >= 15 is 0 Å². The minimum atomic E-state index is 0.359. The van der Waals surface area contributed by atoms with Gasteiger partial charge in [0, 0.05) is 24.4 Å². The van der Waals surface area contributed by atoms with Gasteiger partial charge in [0.05, 0.1) is 0 Å². The number of hydrogen-bond donors (Lipinski definition) is 0. The molecule has 5 rings (SSSR count). The highest BCUT2D eigenvalue weighted by molar-refractivity contribution is 5.74. The number of nitrogens with zero attached hydrogens (tertiary/aromatic N) is 1. The number of benzene rings is 4. The molecule has 0 aromatic heterocycles. The van der Waals surface area contributed by atoms with E-state index in [2.05, 4.69) is 139 Å². The van der Waals surface area contributed by atoms with Crippen molar-refractivity contribution in [2.75, 3.05) is 11.9 Å². The van der Waals surface area contributed by atoms with Crippen molar-refractivity contribution in [2.45, 2.75) is 12.3 Å². The van der Waals surface area contributed by atoms with Gasteiger partial charge >= 0.3 is 0 Å². The molecule has 32 heavy (non-hydrogen) atoms. The van der Waals surface area contributed by atoms with Crippen LogP contribution in [0.2, 0.25) is 0 Å². The summed E-state index contributed by atoms with van der Waals surface area (Å²) in [5.74, 6) is 0.359. The summed E-state index contributed by atoms with van der Waals surface area (Å²) in [7, 11) is 2.16. The molecule has 0 aliphatic heterocycles. The van der Waals surface area contributed by atoms with Gasteiger partial charge in [-0.15, -0.1) is 0 Å². The van der Waals surface area contributed by atoms with Gasteiger partial charge in [0.25, 0.3) is 0 Å². The highest BCUT2D eigenvalue weighted by atomic mass is 15.1. The Morgan fingerprint density at radius 3 is 1.75 bits per heavy atom. The summed E-state index contributed by atoms with van der Waals surface area (Å²) in [6.45, 7) is 0. The molecule has 0 amide bonds. The van der Waals surface area contributed by atoms with Crippen LogP contribution in [0.3, 0.4) is 0 Å². The summed E-state index contributed by atoms with van der Waals surface area (Å²) in [4.78, 5) is 2.30. The second kappa shape index (κ2) is 9.11. The summed E-state index contributed by atoms with van der Waals surface area (Å²) >= 11 is 0. The second-order valence-electron chi connectivity index (χ2n) is 8.32. The van der Waals surface area contributed by atoms with Gasteiger partial charge in [0.2, 0.25) is 0 Å². The molecule has 0 N–H and O–H groups in total. The zero-order chi connectivity index (χ0) is 21.8. The molecular weight excluding hydrogens is 386 g/mol. The molecule has 1 aliphatic rings. The van der Waals surface area contributed by atoms with Gasteiger partial charge < -0.3 is 4.90 Å². The molecule has 1 heteroatoms. The third-order valence-corrected chi connectivity index (χ3v) is 6.26. The van der Waals surface area contributed by atoms with Crippen molar-refractivity contribution in [1.29, 1.82) is 0 Å². The second-order valence-corrected chi connectivity index (χ2v) is 8.32. The van der Waals surface area contributed by atoms with E-state index in [0.29, 0.717) is 5.92 Å². The summed E-state index contributed by atoms with van der Waals surface area (Å²) in [5, 5.41) is 0. The van der Waals surface area contributed by atoms with Crippen LogP contribution in [0.1, 0.15) is 23.5 Å². The Morgan fingerprint density at radius 2 is 1.12 bits per heavy atom. The molecule has 0 saturated carbocycles. The van der Waals surface area contributed by atoms with Crippen molar-refractivity contribution in [3.63, 3.8) is 0 Å². The van der Waals surface area contributed by atoms with E-state index in [1.165, 1.54) is 39.2 Å². The number of allylic oxidation sites excluding steroid dienone is 3. The maximum atomic E-state index is 2.41. The van der Waals surface area contributed by atoms with Crippen LogP contribution in [0.4, 0.5) is 5.69 Å². The van der Waals surface area contributed by atoms with Crippen molar-refractivity contribution in [3.05, 3.63) is 144 Å². The molecule has 0 radical (unpaired) electrons. The van der Waals surface area contributed by atoms with E-state index in [-0.39, 0.29) is 0 Å². The lowest BCUT2D eigenvalue weighted by Gasteiger charge is -2.28. The van der Waals surface area contributed by atoms with Crippen LogP contribution in [0.15, 0.2) is 133 Å². The minimum absolute atomic E-state index is 0.359. The normalized spacial score (nSPS) is 15.6. The number of hydrogen-bond acceptors (Lipinski definition) is 1. The Kier molecular flexibility index (Phi) is 5.72. The topological polar surface area (TPSA) is 3.24 Å². The molecule has 0 unspecified atom stereocenters. The summed E-state index contributed by atoms with van der Waals surface area (Å²) < 4.78 is 0. The van der Waals surface area contributed by atoms with E-state index < -0.39 is 0 Å². The van der Waals surface area contributed by atoms with E-state index in [1.54, 1.807) is 0 Å². The van der Waals surface area contributed by atoms with Crippen molar-refractivity contribution < 1.29 is 0 Å². The van der Waals surface area contributed by atoms with Gasteiger partial charge in [0.1, 0.15) is 0 Å². The predicted molar refractivity (Wildman–Crippen MR) is 137 cm³/mol. The Balaban J connectivity index is 1.49. The first-order chi connectivity index (χ1) is 15.8. The molecule has 4 aromatic carbocycles. The van der Waals surface area contributed by atoms with Gasteiger partial charge in [-0.05, 0) is 52.5 Å². The van der Waals surface area contributed by atoms with E-state index in [0.717, 1.165) is 6.42 Å². The van der Waals surface area contributed by atoms with E-state index in [1.807, 2.05) is 0 Å². The van der Waals surface area contributed by atoms with Crippen molar-refractivity contribution in [1.82, 2.24) is 0 Å². The number of likely N-dealkylation sites (N-methyl/N-ethyl adjacent to an activating group) is 1. The van der Waals surface area contributed by atoms with E-state index in [4.69, 9.17) is 0 Å². The zero-order valence-corrected chi connectivity index (χ0v) is 18.4. The van der Waals surface area contributed by atoms with Crippen molar-refractivity contribution >= 4 is 11.3 Å². The minimum Gasteiger partial charge on any atom is -0.345 e. The molecule has 156 valence electrons. The summed E-state index contributed by atoms with van der Waals surface area (Å²) in [6.07, 6.45) is 5.77. The van der Waals surface area contributed by atoms with Crippen molar-refractivity contribution in [2.24, 2.45) is 0 Å². The molecule has 0 saturated heterocycles. The van der Waals surface area contributed by atoms with Crippen LogP contribution in [0, 0.1) is 0 Å². The van der Waals surface area contributed by atoms with Crippen LogP contribution in [0.25, 0.3) is 16.7 Å². The smallest absolute Gasteiger partial charge is 0.0408 e. The van der Waals surface area contributed by atoms with Gasteiger partial charge in [-0.1, -0.05) is 109 Å². The predicted octanol–water partition coefficient (Wildman–Crippen LogP) is 7.94. The Labute approximate surface area is 191 Å². The van der Waals surface area contributed by atoms with Gasteiger partial charge in [-0.3, -0.25) is 0 Å². The highest BCUT2D eigenvalue weighted by Crippen LogP contribution is 2.37. The third kappa shape index (κ3) is 4.29. The Bertz CT molecular complexity index is 1220. The highest BCUT2D eigenvalue weighted by Gasteiger charge is 2.20. The van der Waals surface area contributed by atoms with Crippen LogP contribution in [0.5, 0.6) is 0 Å². The van der Waals surface area contributed by atoms with Crippen LogP contribution < -0.4 is 4.90 Å². The average molecular weight is 414 g/mol. The first kappa shape index (κ1) is 20.1. The molecule has 1 aliphatic carbocycles. The lowest BCUT2D eigenvalue weighted by atomic mass is 9.84. The lowest BCUT2D eigenvalue weighted by Crippen LogP contribution is -2.18. The molecule has 0 fully saturated rings. The van der Waals surface area contributed by atoms with Gasteiger partial charge in [0.15, 0.2) is 0 Å². The van der Waals surface area contributed by atoms with Crippen LogP contribution >= 0.6 is 0 Å². The molecule has 0 spiro atoms. The fourth-order valence-electron chi connectivity index (χ4n) is 4.42. The molecular formula is C31H27N. The van der Waals surface area contributed by atoms with Gasteiger partial charge in [-0.25, -0.2) is 0 Å². The third-order valence-electron chi connectivity index (χ3n) is 6.26. The lowest BCUT2D eigenvalue weighted by molar-refractivity contribution is 0.847. The summed E-state index contributed by atoms with van der Waals surface area (Å²) in [5.41, 5.74) is 8.94. The van der Waals surface area contributed by atoms with Gasteiger partial charge in [-0.2, -0.15) is 0 Å². The Morgan fingerprint density at radius 1 is 0.594 bits per heavy atom. The quantitative estimate of drug-likeness (QED) is 0.321. The fraction of sp³-hybridized carbons (Fsp3) is 0.0968. The molecule has 1 nitrogen and oxygen atoms in total. The largest absolute Gasteiger partial charge is 0.345 e. The fourth-order valence-corrected chi connectivity index (χ4v) is 4.42. The monoisotopic (exact) mass is 413 g/mol. The Hall–Kier alpha value is -3.84. The first-order valence-electron chi connectivity index (χ1n) is 11.2. The standard InChI is InChI=1S/C31H27N/c1-32(30-19-17-27(18-20-30)24-11-5-2-6-12-24)31-22-28(25-13-7-3-8-14-25)21-29(23-31)26-15-9-4-10-16-26/h2-20,22-23,28H,21H2,1H3/t28-/m0/s1. The van der Waals surface area contributed by atoms with Crippen molar-refractivity contribution in [3.8, 4) is 11.1 Å². The number of anilines is 1. The number of rotatable bonds is 5.